The summed E-state index contributed by atoms with van der Waals surface area (Å²) in [4.78, 5) is 17.6. The van der Waals surface area contributed by atoms with E-state index in [4.69, 9.17) is 9.47 Å². The van der Waals surface area contributed by atoms with Crippen molar-refractivity contribution in [2.24, 2.45) is 0 Å². The molecular weight excluding hydrogens is 492 g/mol. The molecule has 37 heavy (non-hydrogen) atoms. The minimum absolute atomic E-state index is 0.0999. The normalized spacial score (nSPS) is 32.1. The highest BCUT2D eigenvalue weighted by Crippen LogP contribution is 2.45. The van der Waals surface area contributed by atoms with Gasteiger partial charge in [0, 0.05) is 57.1 Å². The lowest BCUT2D eigenvalue weighted by molar-refractivity contribution is 0.00735. The molecule has 0 N–H and O–H groups in total. The minimum atomic E-state index is -3.49. The number of likely N-dealkylation sites (tertiary alicyclic amines) is 1. The second kappa shape index (κ2) is 9.79. The number of fused-ring (bicyclic) bond motifs is 4. The first-order chi connectivity index (χ1) is 17.8. The summed E-state index contributed by atoms with van der Waals surface area (Å²) in [6, 6.07) is 9.38. The van der Waals surface area contributed by atoms with Gasteiger partial charge in [-0.25, -0.2) is 4.79 Å². The first-order valence-electron chi connectivity index (χ1n) is 13.8. The largest absolute Gasteiger partial charge is 0.444 e. The van der Waals surface area contributed by atoms with Crippen molar-refractivity contribution >= 4 is 16.3 Å². The van der Waals surface area contributed by atoms with Crippen LogP contribution in [-0.2, 0) is 31.6 Å². The Hall–Kier alpha value is -1.72. The zero-order valence-electron chi connectivity index (χ0n) is 22.0. The molecule has 0 saturated carbocycles. The number of rotatable bonds is 4. The predicted octanol–water partition coefficient (Wildman–Crippen LogP) is 2.56. The van der Waals surface area contributed by atoms with Gasteiger partial charge in [0.2, 0.25) is 0 Å². The molecule has 0 aliphatic carbocycles. The maximum absolute atomic E-state index is 13.1. The van der Waals surface area contributed by atoms with E-state index in [0.29, 0.717) is 32.3 Å². The average Bonchev–Trinajstić information content (AvgIpc) is 3.49. The Bertz CT molecular complexity index is 1100. The summed E-state index contributed by atoms with van der Waals surface area (Å²) in [5.74, 6) is 0. The Morgan fingerprint density at radius 3 is 2.41 bits per heavy atom. The van der Waals surface area contributed by atoms with E-state index in [2.05, 4.69) is 23.1 Å². The van der Waals surface area contributed by atoms with Crippen molar-refractivity contribution in [3.63, 3.8) is 0 Å². The third kappa shape index (κ3) is 4.58. The van der Waals surface area contributed by atoms with Gasteiger partial charge in [0.1, 0.15) is 6.10 Å². The molecule has 1 spiro atoms. The number of hydrogen-bond acceptors (Lipinski definition) is 6. The van der Waals surface area contributed by atoms with E-state index in [9.17, 15) is 13.2 Å². The molecule has 5 aliphatic heterocycles. The second-order valence-corrected chi connectivity index (χ2v) is 14.0. The highest BCUT2D eigenvalue weighted by Gasteiger charge is 2.49. The van der Waals surface area contributed by atoms with Gasteiger partial charge in [0.15, 0.2) is 0 Å². The Morgan fingerprint density at radius 2 is 1.76 bits per heavy atom. The number of amides is 1. The van der Waals surface area contributed by atoms with Gasteiger partial charge in [-0.15, -0.1) is 0 Å². The van der Waals surface area contributed by atoms with E-state index in [1.807, 2.05) is 11.0 Å². The average molecular weight is 533 g/mol. The van der Waals surface area contributed by atoms with Crippen LogP contribution in [0, 0.1) is 0 Å². The Kier molecular flexibility index (Phi) is 6.76. The molecule has 5 heterocycles. The van der Waals surface area contributed by atoms with E-state index in [-0.39, 0.29) is 29.7 Å². The van der Waals surface area contributed by atoms with Crippen LogP contribution in [0.15, 0.2) is 24.3 Å². The van der Waals surface area contributed by atoms with Crippen molar-refractivity contribution in [2.75, 3.05) is 46.9 Å². The van der Waals surface area contributed by atoms with Crippen molar-refractivity contribution in [1.29, 1.82) is 0 Å². The molecule has 4 saturated heterocycles. The van der Waals surface area contributed by atoms with E-state index >= 15 is 0 Å². The van der Waals surface area contributed by atoms with Crippen molar-refractivity contribution in [2.45, 2.75) is 81.1 Å². The van der Waals surface area contributed by atoms with E-state index < -0.39 is 10.2 Å². The maximum atomic E-state index is 13.1. The number of hydrogen-bond donors (Lipinski definition) is 0. The molecule has 6 rings (SSSR count). The van der Waals surface area contributed by atoms with E-state index in [1.54, 1.807) is 18.4 Å². The third-order valence-corrected chi connectivity index (χ3v) is 11.4. The maximum Gasteiger partial charge on any atom is 0.410 e. The SMILES string of the molecule is CN(C)S(=O)(=O)N1Cc2ccccc2C2(CCN(C3CC4CCC(C3)N4C(=O)O[C@H]3CCOC3)CC2)C1. The minimum Gasteiger partial charge on any atom is -0.444 e. The molecule has 0 aromatic heterocycles. The number of ether oxygens (including phenoxy) is 2. The summed E-state index contributed by atoms with van der Waals surface area (Å²) in [5.41, 5.74) is 2.31. The molecule has 1 aromatic carbocycles. The standard InChI is InChI=1S/C27H40N4O5S/c1-28(2)37(33,34)30-17-20-5-3-4-6-25(20)27(19-30)10-12-29(13-11-27)23-15-21-7-8-22(16-23)31(21)26(32)36-24-9-14-35-18-24/h3-6,21-24H,7-19H2,1-2H3/t21?,22?,23?,24-/m0/s1. The molecule has 2 bridgehead atoms. The number of carbonyl (C=O) groups excluding carboxylic acids is 1. The number of benzene rings is 1. The predicted molar refractivity (Wildman–Crippen MR) is 139 cm³/mol. The molecule has 1 amide bonds. The number of carbonyl (C=O) groups is 1. The topological polar surface area (TPSA) is 82.6 Å². The summed E-state index contributed by atoms with van der Waals surface area (Å²) < 4.78 is 40.3. The van der Waals surface area contributed by atoms with Crippen LogP contribution in [-0.4, -0.2) is 104 Å². The lowest BCUT2D eigenvalue weighted by Gasteiger charge is -2.51. The van der Waals surface area contributed by atoms with Crippen molar-refractivity contribution in [3.05, 3.63) is 35.4 Å². The Labute approximate surface area is 220 Å². The van der Waals surface area contributed by atoms with Crippen LogP contribution in [0.3, 0.4) is 0 Å². The highest BCUT2D eigenvalue weighted by atomic mass is 32.2. The third-order valence-electron chi connectivity index (χ3n) is 9.55. The zero-order chi connectivity index (χ0) is 25.8. The molecule has 1 aromatic rings. The summed E-state index contributed by atoms with van der Waals surface area (Å²) in [6.07, 6.45) is 6.54. The molecule has 3 atom stereocenters. The fourth-order valence-corrected chi connectivity index (χ4v) is 8.71. The highest BCUT2D eigenvalue weighted by molar-refractivity contribution is 7.86. The van der Waals surface area contributed by atoms with Gasteiger partial charge in [-0.1, -0.05) is 24.3 Å². The first-order valence-corrected chi connectivity index (χ1v) is 15.2. The van der Waals surface area contributed by atoms with Crippen LogP contribution < -0.4 is 0 Å². The van der Waals surface area contributed by atoms with Crippen molar-refractivity contribution < 1.29 is 22.7 Å². The van der Waals surface area contributed by atoms with Crippen LogP contribution in [0.25, 0.3) is 0 Å². The summed E-state index contributed by atoms with van der Waals surface area (Å²) >= 11 is 0. The van der Waals surface area contributed by atoms with Crippen LogP contribution in [0.5, 0.6) is 0 Å². The van der Waals surface area contributed by atoms with Gasteiger partial charge in [0.05, 0.1) is 13.2 Å². The summed E-state index contributed by atoms with van der Waals surface area (Å²) in [7, 11) is -0.257. The van der Waals surface area contributed by atoms with Gasteiger partial charge in [-0.3, -0.25) is 0 Å². The molecule has 204 valence electrons. The summed E-state index contributed by atoms with van der Waals surface area (Å²) in [5, 5.41) is 0. The summed E-state index contributed by atoms with van der Waals surface area (Å²) in [6.45, 7) is 4.08. The monoisotopic (exact) mass is 532 g/mol. The van der Waals surface area contributed by atoms with Crippen molar-refractivity contribution in [1.82, 2.24) is 18.4 Å². The zero-order valence-corrected chi connectivity index (χ0v) is 22.9. The van der Waals surface area contributed by atoms with Gasteiger partial charge in [0.25, 0.3) is 10.2 Å². The van der Waals surface area contributed by atoms with Gasteiger partial charge in [-0.05, 0) is 62.7 Å². The van der Waals surface area contributed by atoms with E-state index in [0.717, 1.165) is 63.6 Å². The molecule has 10 heteroatoms. The van der Waals surface area contributed by atoms with E-state index in [1.165, 1.54) is 9.87 Å². The lowest BCUT2D eigenvalue weighted by atomic mass is 9.69. The van der Waals surface area contributed by atoms with Crippen LogP contribution in [0.2, 0.25) is 0 Å². The van der Waals surface area contributed by atoms with Gasteiger partial charge >= 0.3 is 6.09 Å². The van der Waals surface area contributed by atoms with Crippen LogP contribution >= 0.6 is 0 Å². The fraction of sp³-hybridized carbons (Fsp3) is 0.741. The molecule has 9 nitrogen and oxygen atoms in total. The molecule has 0 radical (unpaired) electrons. The quantitative estimate of drug-likeness (QED) is 0.593. The number of piperidine rings is 2. The van der Waals surface area contributed by atoms with Crippen LogP contribution in [0.4, 0.5) is 4.79 Å². The lowest BCUT2D eigenvalue weighted by Crippen LogP contribution is -2.58. The number of nitrogens with zero attached hydrogens (tertiary/aromatic N) is 4. The Balaban J connectivity index is 1.13. The van der Waals surface area contributed by atoms with Crippen LogP contribution in [0.1, 0.15) is 56.1 Å². The molecular formula is C27H40N4O5S. The fourth-order valence-electron chi connectivity index (χ4n) is 7.54. The second-order valence-electron chi connectivity index (χ2n) is 11.8. The molecule has 4 fully saturated rings. The Morgan fingerprint density at radius 1 is 1.05 bits per heavy atom. The molecule has 2 unspecified atom stereocenters. The van der Waals surface area contributed by atoms with Gasteiger partial charge < -0.3 is 19.3 Å². The molecule has 5 aliphatic rings. The first kappa shape index (κ1) is 25.6. The smallest absolute Gasteiger partial charge is 0.410 e. The van der Waals surface area contributed by atoms with Crippen molar-refractivity contribution in [3.8, 4) is 0 Å². The van der Waals surface area contributed by atoms with Gasteiger partial charge in [-0.2, -0.15) is 17.0 Å².